The maximum atomic E-state index is 12.6. The number of benzene rings is 1. The van der Waals surface area contributed by atoms with Crippen LogP contribution < -0.4 is 14.8 Å². The van der Waals surface area contributed by atoms with Crippen molar-refractivity contribution in [3.05, 3.63) is 41.3 Å². The van der Waals surface area contributed by atoms with Gasteiger partial charge in [0.2, 0.25) is 5.91 Å². The van der Waals surface area contributed by atoms with E-state index in [1.807, 2.05) is 18.2 Å². The number of amides is 1. The van der Waals surface area contributed by atoms with Crippen molar-refractivity contribution >= 4 is 27.3 Å². The molecule has 156 valence electrons. The summed E-state index contributed by atoms with van der Waals surface area (Å²) in [5.74, 6) is 1.36. The highest BCUT2D eigenvalue weighted by molar-refractivity contribution is 7.91. The van der Waals surface area contributed by atoms with E-state index in [1.54, 1.807) is 17.5 Å². The van der Waals surface area contributed by atoms with Crippen LogP contribution >= 0.6 is 11.3 Å². The molecule has 1 aromatic heterocycles. The molecule has 2 aliphatic rings. The highest BCUT2D eigenvalue weighted by Gasteiger charge is 2.32. The lowest BCUT2D eigenvalue weighted by molar-refractivity contribution is -0.126. The Morgan fingerprint density at radius 3 is 2.62 bits per heavy atom. The van der Waals surface area contributed by atoms with Crippen molar-refractivity contribution in [2.24, 2.45) is 5.92 Å². The monoisotopic (exact) mass is 436 g/mol. The first-order valence-electron chi connectivity index (χ1n) is 9.74. The van der Waals surface area contributed by atoms with Crippen molar-refractivity contribution in [3.8, 4) is 11.5 Å². The topological polar surface area (TPSA) is 84.9 Å². The van der Waals surface area contributed by atoms with Gasteiger partial charge in [0.05, 0.1) is 0 Å². The second-order valence-electron chi connectivity index (χ2n) is 7.13. The minimum absolute atomic E-state index is 0.00397. The summed E-state index contributed by atoms with van der Waals surface area (Å²) >= 11 is 1.22. The van der Waals surface area contributed by atoms with Gasteiger partial charge in [-0.1, -0.05) is 12.1 Å². The summed E-state index contributed by atoms with van der Waals surface area (Å²) in [5.41, 5.74) is 1.08. The van der Waals surface area contributed by atoms with E-state index in [2.05, 4.69) is 5.32 Å². The summed E-state index contributed by atoms with van der Waals surface area (Å²) in [7, 11) is -3.43. The molecule has 2 aromatic rings. The van der Waals surface area contributed by atoms with Crippen molar-refractivity contribution < 1.29 is 22.7 Å². The van der Waals surface area contributed by atoms with Gasteiger partial charge in [-0.25, -0.2) is 8.42 Å². The van der Waals surface area contributed by atoms with Gasteiger partial charge in [0.1, 0.15) is 17.4 Å². The molecule has 1 N–H and O–H groups in total. The van der Waals surface area contributed by atoms with Crippen LogP contribution in [0.3, 0.4) is 0 Å². The molecule has 0 bridgehead atoms. The largest absolute Gasteiger partial charge is 0.486 e. The Labute approximate surface area is 174 Å². The molecule has 7 nitrogen and oxygen atoms in total. The zero-order valence-corrected chi connectivity index (χ0v) is 17.6. The second-order valence-corrected chi connectivity index (χ2v) is 10.2. The third-order valence-corrected chi connectivity index (χ3v) is 8.51. The highest BCUT2D eigenvalue weighted by Crippen LogP contribution is 2.31. The molecule has 0 unspecified atom stereocenters. The first-order chi connectivity index (χ1) is 14.0. The summed E-state index contributed by atoms with van der Waals surface area (Å²) in [6.45, 7) is 2.40. The van der Waals surface area contributed by atoms with E-state index < -0.39 is 10.0 Å². The number of hydrogen-bond donors (Lipinski definition) is 1. The molecule has 3 heterocycles. The average molecular weight is 437 g/mol. The third-order valence-electron chi connectivity index (χ3n) is 5.23. The molecular formula is C20H24N2O5S2. The van der Waals surface area contributed by atoms with E-state index in [1.165, 1.54) is 15.6 Å². The number of hydrogen-bond acceptors (Lipinski definition) is 6. The number of nitrogens with zero attached hydrogens (tertiary/aromatic N) is 1. The fourth-order valence-corrected chi connectivity index (χ4v) is 6.23. The molecule has 0 saturated carbocycles. The van der Waals surface area contributed by atoms with Gasteiger partial charge in [0.25, 0.3) is 10.0 Å². The van der Waals surface area contributed by atoms with Crippen LogP contribution in [0.5, 0.6) is 11.5 Å². The van der Waals surface area contributed by atoms with E-state index in [-0.39, 0.29) is 11.8 Å². The maximum absolute atomic E-state index is 12.6. The summed E-state index contributed by atoms with van der Waals surface area (Å²) < 4.78 is 38.1. The highest BCUT2D eigenvalue weighted by atomic mass is 32.2. The first kappa shape index (κ1) is 20.2. The van der Waals surface area contributed by atoms with Crippen molar-refractivity contribution in [1.82, 2.24) is 9.62 Å². The predicted molar refractivity (Wildman–Crippen MR) is 110 cm³/mol. The smallest absolute Gasteiger partial charge is 0.252 e. The number of piperidine rings is 1. The van der Waals surface area contributed by atoms with Crippen LogP contribution in [0.2, 0.25) is 0 Å². The van der Waals surface area contributed by atoms with E-state index in [0.717, 1.165) is 17.1 Å². The van der Waals surface area contributed by atoms with Gasteiger partial charge < -0.3 is 14.8 Å². The number of nitrogens with one attached hydrogen (secondary N) is 1. The third kappa shape index (κ3) is 4.57. The molecule has 2 aliphatic heterocycles. The molecule has 0 radical (unpaired) electrons. The average Bonchev–Trinajstić information content (AvgIpc) is 3.29. The van der Waals surface area contributed by atoms with Crippen molar-refractivity contribution in [2.75, 3.05) is 32.8 Å². The number of carbonyl (C=O) groups is 1. The zero-order valence-electron chi connectivity index (χ0n) is 16.0. The Kier molecular flexibility index (Phi) is 6.07. The van der Waals surface area contributed by atoms with Crippen molar-refractivity contribution in [2.45, 2.75) is 23.5 Å². The minimum Gasteiger partial charge on any atom is -0.486 e. The molecule has 9 heteroatoms. The Balaban J connectivity index is 1.24. The first-order valence-corrected chi connectivity index (χ1v) is 12.1. The molecule has 1 aromatic carbocycles. The summed E-state index contributed by atoms with van der Waals surface area (Å²) in [4.78, 5) is 12.5. The zero-order chi connectivity index (χ0) is 20.3. The molecule has 1 amide bonds. The SMILES string of the molecule is O=C(NCCc1ccc2c(c1)OCCO2)C1CCN(S(=O)(=O)c2cccs2)CC1. The molecule has 29 heavy (non-hydrogen) atoms. The van der Waals surface area contributed by atoms with Crippen LogP contribution in [0.4, 0.5) is 0 Å². The molecule has 0 atom stereocenters. The van der Waals surface area contributed by atoms with Gasteiger partial charge in [-0.2, -0.15) is 4.31 Å². The van der Waals surface area contributed by atoms with Crippen LogP contribution in [-0.2, 0) is 21.2 Å². The van der Waals surface area contributed by atoms with Crippen LogP contribution in [-0.4, -0.2) is 51.5 Å². The van der Waals surface area contributed by atoms with E-state index in [0.29, 0.717) is 56.3 Å². The van der Waals surface area contributed by atoms with Gasteiger partial charge in [-0.3, -0.25) is 4.79 Å². The quantitative estimate of drug-likeness (QED) is 0.751. The van der Waals surface area contributed by atoms with E-state index in [4.69, 9.17) is 9.47 Å². The van der Waals surface area contributed by atoms with Gasteiger partial charge in [-0.05, 0) is 48.4 Å². The number of fused-ring (bicyclic) bond motifs is 1. The van der Waals surface area contributed by atoms with Crippen LogP contribution in [0.25, 0.3) is 0 Å². The number of sulfonamides is 1. The number of thiophene rings is 1. The van der Waals surface area contributed by atoms with Gasteiger partial charge in [-0.15, -0.1) is 11.3 Å². The number of rotatable bonds is 6. The Morgan fingerprint density at radius 2 is 1.90 bits per heavy atom. The molecule has 4 rings (SSSR count). The van der Waals surface area contributed by atoms with Gasteiger partial charge >= 0.3 is 0 Å². The van der Waals surface area contributed by atoms with Gasteiger partial charge in [0.15, 0.2) is 11.5 Å². The lowest BCUT2D eigenvalue weighted by Crippen LogP contribution is -2.43. The normalized spacial score (nSPS) is 17.8. The van der Waals surface area contributed by atoms with Crippen LogP contribution in [0.1, 0.15) is 18.4 Å². The molecule has 0 spiro atoms. The molecule has 0 aliphatic carbocycles. The summed E-state index contributed by atoms with van der Waals surface area (Å²) in [6.07, 6.45) is 1.79. The molecule has 1 fully saturated rings. The lowest BCUT2D eigenvalue weighted by Gasteiger charge is -2.30. The summed E-state index contributed by atoms with van der Waals surface area (Å²) in [5, 5.41) is 4.74. The number of carbonyl (C=O) groups excluding carboxylic acids is 1. The summed E-state index contributed by atoms with van der Waals surface area (Å²) in [6, 6.07) is 9.19. The molecule has 1 saturated heterocycles. The second kappa shape index (κ2) is 8.73. The molecular weight excluding hydrogens is 412 g/mol. The van der Waals surface area contributed by atoms with Crippen molar-refractivity contribution in [3.63, 3.8) is 0 Å². The van der Waals surface area contributed by atoms with Crippen LogP contribution in [0.15, 0.2) is 39.9 Å². The van der Waals surface area contributed by atoms with E-state index in [9.17, 15) is 13.2 Å². The maximum Gasteiger partial charge on any atom is 0.252 e. The predicted octanol–water partition coefficient (Wildman–Crippen LogP) is 2.28. The van der Waals surface area contributed by atoms with Crippen molar-refractivity contribution in [1.29, 1.82) is 0 Å². The minimum atomic E-state index is -3.43. The Bertz CT molecular complexity index is 951. The van der Waals surface area contributed by atoms with Crippen LogP contribution in [0, 0.1) is 5.92 Å². The Hall–Kier alpha value is -2.10. The lowest BCUT2D eigenvalue weighted by atomic mass is 9.97. The van der Waals surface area contributed by atoms with E-state index >= 15 is 0 Å². The Morgan fingerprint density at radius 1 is 1.14 bits per heavy atom. The fraction of sp³-hybridized carbons (Fsp3) is 0.450. The number of ether oxygens (including phenoxy) is 2. The fourth-order valence-electron chi connectivity index (χ4n) is 3.61. The standard InChI is InChI=1S/C20H24N2O5S2/c23-20(21-8-5-15-3-4-17-18(14-15)27-12-11-26-17)16-6-9-22(10-7-16)29(24,25)19-2-1-13-28-19/h1-4,13-14,16H,5-12H2,(H,21,23). The van der Waals surface area contributed by atoms with Gasteiger partial charge in [0, 0.05) is 25.6 Å².